The Bertz CT molecular complexity index is 208. The number of carbonyl (C=O) groups is 1. The normalized spacial score (nSPS) is 27.6. The highest BCUT2D eigenvalue weighted by molar-refractivity contribution is 5.74. The lowest BCUT2D eigenvalue weighted by atomic mass is 10.1. The molecule has 1 rings (SSSR count). The molecular formula is C10H21N3O. The van der Waals surface area contributed by atoms with Crippen molar-refractivity contribution in [3.05, 3.63) is 0 Å². The van der Waals surface area contributed by atoms with Crippen molar-refractivity contribution in [2.75, 3.05) is 26.7 Å². The molecule has 4 heteroatoms. The highest BCUT2D eigenvalue weighted by Crippen LogP contribution is 2.09. The topological polar surface area (TPSA) is 35.6 Å². The summed E-state index contributed by atoms with van der Waals surface area (Å²) in [5, 5.41) is 3.36. The smallest absolute Gasteiger partial charge is 0.320 e. The van der Waals surface area contributed by atoms with Gasteiger partial charge in [0.2, 0.25) is 0 Å². The van der Waals surface area contributed by atoms with Crippen molar-refractivity contribution in [1.29, 1.82) is 0 Å². The van der Waals surface area contributed by atoms with Crippen LogP contribution in [0.2, 0.25) is 0 Å². The van der Waals surface area contributed by atoms with Crippen molar-refractivity contribution < 1.29 is 4.79 Å². The van der Waals surface area contributed by atoms with E-state index < -0.39 is 0 Å². The quantitative estimate of drug-likeness (QED) is 0.676. The lowest BCUT2D eigenvalue weighted by Gasteiger charge is -2.39. The second-order valence-electron chi connectivity index (χ2n) is 4.11. The number of nitrogens with one attached hydrogen (secondary N) is 1. The fourth-order valence-corrected chi connectivity index (χ4v) is 1.64. The zero-order valence-electron chi connectivity index (χ0n) is 9.58. The average Bonchev–Trinajstić information content (AvgIpc) is 2.19. The number of carbonyl (C=O) groups excluding carboxylic acids is 1. The summed E-state index contributed by atoms with van der Waals surface area (Å²) in [4.78, 5) is 15.6. The fraction of sp³-hybridized carbons (Fsp3) is 0.900. The van der Waals surface area contributed by atoms with Crippen molar-refractivity contribution in [2.24, 2.45) is 0 Å². The Hall–Kier alpha value is -0.770. The number of hydrogen-bond acceptors (Lipinski definition) is 2. The molecule has 14 heavy (non-hydrogen) atoms. The summed E-state index contributed by atoms with van der Waals surface area (Å²) < 4.78 is 0. The van der Waals surface area contributed by atoms with E-state index in [2.05, 4.69) is 19.2 Å². The molecule has 82 valence electrons. The van der Waals surface area contributed by atoms with Crippen LogP contribution in [0, 0.1) is 0 Å². The molecule has 0 radical (unpaired) electrons. The fourth-order valence-electron chi connectivity index (χ4n) is 1.64. The van der Waals surface area contributed by atoms with Gasteiger partial charge in [0.05, 0.1) is 0 Å². The van der Waals surface area contributed by atoms with Crippen molar-refractivity contribution in [1.82, 2.24) is 15.1 Å². The third kappa shape index (κ3) is 2.38. The van der Waals surface area contributed by atoms with Crippen LogP contribution in [0.3, 0.4) is 0 Å². The molecule has 0 aliphatic carbocycles. The average molecular weight is 199 g/mol. The van der Waals surface area contributed by atoms with Crippen LogP contribution in [0.5, 0.6) is 0 Å². The van der Waals surface area contributed by atoms with E-state index in [0.717, 1.165) is 19.6 Å². The van der Waals surface area contributed by atoms with E-state index in [-0.39, 0.29) is 6.03 Å². The first-order valence-corrected chi connectivity index (χ1v) is 5.31. The van der Waals surface area contributed by atoms with E-state index in [1.807, 2.05) is 18.9 Å². The van der Waals surface area contributed by atoms with E-state index in [0.29, 0.717) is 12.1 Å². The van der Waals surface area contributed by atoms with Gasteiger partial charge in [-0.2, -0.15) is 0 Å². The molecule has 2 atom stereocenters. The largest absolute Gasteiger partial charge is 0.328 e. The Morgan fingerprint density at radius 3 is 2.79 bits per heavy atom. The third-order valence-electron chi connectivity index (χ3n) is 2.81. The summed E-state index contributed by atoms with van der Waals surface area (Å²) in [6.07, 6.45) is 0. The number of piperazine rings is 1. The van der Waals surface area contributed by atoms with Gasteiger partial charge >= 0.3 is 6.03 Å². The number of rotatable bonds is 1. The summed E-state index contributed by atoms with van der Waals surface area (Å²) in [6.45, 7) is 8.66. The molecule has 1 N–H and O–H groups in total. The zero-order chi connectivity index (χ0) is 10.7. The zero-order valence-corrected chi connectivity index (χ0v) is 9.58. The molecule has 2 amide bonds. The third-order valence-corrected chi connectivity index (χ3v) is 2.81. The van der Waals surface area contributed by atoms with E-state index in [1.54, 1.807) is 4.90 Å². The standard InChI is InChI=1S/C10H21N3O/c1-5-12(4)10(14)13-7-8(2)11-6-9(13)3/h8-9,11H,5-7H2,1-4H3. The summed E-state index contributed by atoms with van der Waals surface area (Å²) in [7, 11) is 1.85. The van der Waals surface area contributed by atoms with Crippen LogP contribution in [-0.2, 0) is 0 Å². The summed E-state index contributed by atoms with van der Waals surface area (Å²) >= 11 is 0. The lowest BCUT2D eigenvalue weighted by Crippen LogP contribution is -2.58. The van der Waals surface area contributed by atoms with Gasteiger partial charge in [-0.3, -0.25) is 0 Å². The van der Waals surface area contributed by atoms with Crippen molar-refractivity contribution in [3.8, 4) is 0 Å². The number of urea groups is 1. The van der Waals surface area contributed by atoms with Gasteiger partial charge in [-0.25, -0.2) is 4.79 Å². The highest BCUT2D eigenvalue weighted by atomic mass is 16.2. The minimum Gasteiger partial charge on any atom is -0.328 e. The van der Waals surface area contributed by atoms with Gasteiger partial charge in [0.25, 0.3) is 0 Å². The molecule has 0 spiro atoms. The van der Waals surface area contributed by atoms with Crippen LogP contribution in [0.4, 0.5) is 4.79 Å². The molecule has 0 aromatic heterocycles. The predicted molar refractivity (Wildman–Crippen MR) is 57.3 cm³/mol. The molecule has 1 aliphatic heterocycles. The van der Waals surface area contributed by atoms with Crippen LogP contribution < -0.4 is 5.32 Å². The van der Waals surface area contributed by atoms with Crippen molar-refractivity contribution >= 4 is 6.03 Å². The summed E-state index contributed by atoms with van der Waals surface area (Å²) in [5.41, 5.74) is 0. The van der Waals surface area contributed by atoms with Gasteiger partial charge in [0.1, 0.15) is 0 Å². The van der Waals surface area contributed by atoms with Gasteiger partial charge < -0.3 is 15.1 Å². The van der Waals surface area contributed by atoms with Gasteiger partial charge in [-0.15, -0.1) is 0 Å². The minimum atomic E-state index is 0.147. The van der Waals surface area contributed by atoms with Crippen LogP contribution >= 0.6 is 0 Å². The maximum atomic E-state index is 11.9. The SMILES string of the molecule is CCN(C)C(=O)N1CC(C)NCC1C. The molecule has 1 saturated heterocycles. The van der Waals surface area contributed by atoms with Crippen LogP contribution in [0.1, 0.15) is 20.8 Å². The molecule has 0 bridgehead atoms. The number of amides is 2. The van der Waals surface area contributed by atoms with Crippen LogP contribution in [0.15, 0.2) is 0 Å². The van der Waals surface area contributed by atoms with Crippen molar-refractivity contribution in [3.63, 3.8) is 0 Å². The van der Waals surface area contributed by atoms with Gasteiger partial charge in [0.15, 0.2) is 0 Å². The highest BCUT2D eigenvalue weighted by Gasteiger charge is 2.27. The van der Waals surface area contributed by atoms with Crippen LogP contribution in [0.25, 0.3) is 0 Å². The Balaban J connectivity index is 2.60. The van der Waals surface area contributed by atoms with E-state index in [9.17, 15) is 4.79 Å². The van der Waals surface area contributed by atoms with Crippen molar-refractivity contribution in [2.45, 2.75) is 32.9 Å². The van der Waals surface area contributed by atoms with E-state index in [1.165, 1.54) is 0 Å². The molecule has 2 unspecified atom stereocenters. The van der Waals surface area contributed by atoms with Gasteiger partial charge in [-0.1, -0.05) is 0 Å². The molecule has 0 aromatic rings. The molecule has 1 aliphatic rings. The molecule has 1 heterocycles. The van der Waals surface area contributed by atoms with Gasteiger partial charge in [0, 0.05) is 38.8 Å². The monoisotopic (exact) mass is 199 g/mol. The maximum absolute atomic E-state index is 11.9. The summed E-state index contributed by atoms with van der Waals surface area (Å²) in [5.74, 6) is 0. The molecule has 0 aromatic carbocycles. The molecule has 4 nitrogen and oxygen atoms in total. The number of nitrogens with zero attached hydrogens (tertiary/aromatic N) is 2. The van der Waals surface area contributed by atoms with E-state index >= 15 is 0 Å². The Labute approximate surface area is 86.2 Å². The second-order valence-corrected chi connectivity index (χ2v) is 4.11. The van der Waals surface area contributed by atoms with Gasteiger partial charge in [-0.05, 0) is 20.8 Å². The second kappa shape index (κ2) is 4.64. The molecule has 1 fully saturated rings. The first-order valence-electron chi connectivity index (χ1n) is 5.31. The Morgan fingerprint density at radius 1 is 1.57 bits per heavy atom. The molecular weight excluding hydrogens is 178 g/mol. The van der Waals surface area contributed by atoms with E-state index in [4.69, 9.17) is 0 Å². The minimum absolute atomic E-state index is 0.147. The Kier molecular flexibility index (Phi) is 3.75. The predicted octanol–water partition coefficient (Wildman–Crippen LogP) is 0.740. The Morgan fingerprint density at radius 2 is 2.21 bits per heavy atom. The summed E-state index contributed by atoms with van der Waals surface area (Å²) in [6, 6.07) is 0.849. The first kappa shape index (κ1) is 11.3. The van der Waals surface area contributed by atoms with Crippen LogP contribution in [-0.4, -0.2) is 54.6 Å². The lowest BCUT2D eigenvalue weighted by molar-refractivity contribution is 0.124. The maximum Gasteiger partial charge on any atom is 0.320 e. The first-order chi connectivity index (χ1) is 6.56. The number of hydrogen-bond donors (Lipinski definition) is 1. The molecule has 0 saturated carbocycles.